The molecule has 0 atom stereocenters. The SMILES string of the molecule is c1ccc(-n2c3ccccc3c3cc(-c4ccc5c(c4)c4ccccc4n5-c4ncc(-c5ccc6c7ccccc7c7ccccc7c6c5)cn4)ccc32)cc1. The van der Waals surface area contributed by atoms with E-state index in [4.69, 9.17) is 9.97 Å². The molecule has 9 aromatic carbocycles. The molecule has 0 saturated heterocycles. The van der Waals surface area contributed by atoms with Gasteiger partial charge in [-0.15, -0.1) is 0 Å². The third-order valence-electron chi connectivity index (χ3n) is 11.6. The smallest absolute Gasteiger partial charge is 0.234 e. The maximum absolute atomic E-state index is 5.01. The minimum Gasteiger partial charge on any atom is -0.309 e. The van der Waals surface area contributed by atoms with Gasteiger partial charge in [0.1, 0.15) is 0 Å². The second-order valence-electron chi connectivity index (χ2n) is 14.6. The zero-order valence-electron chi connectivity index (χ0n) is 30.3. The number of hydrogen-bond acceptors (Lipinski definition) is 2. The molecule has 0 radical (unpaired) electrons. The molecule has 0 spiro atoms. The van der Waals surface area contributed by atoms with Crippen LogP contribution in [0.3, 0.4) is 0 Å². The summed E-state index contributed by atoms with van der Waals surface area (Å²) in [6.07, 6.45) is 3.92. The van der Waals surface area contributed by atoms with Crippen LogP contribution in [0, 0.1) is 0 Å². The second kappa shape index (κ2) is 12.0. The van der Waals surface area contributed by atoms with Crippen molar-refractivity contribution in [2.45, 2.75) is 0 Å². The first-order chi connectivity index (χ1) is 27.8. The quantitative estimate of drug-likeness (QED) is 0.170. The van der Waals surface area contributed by atoms with E-state index in [2.05, 4.69) is 191 Å². The molecular weight excluding hydrogens is 681 g/mol. The van der Waals surface area contributed by atoms with Gasteiger partial charge in [0.2, 0.25) is 5.95 Å². The van der Waals surface area contributed by atoms with Gasteiger partial charge in [-0.3, -0.25) is 4.57 Å². The summed E-state index contributed by atoms with van der Waals surface area (Å²) in [6, 6.07) is 65.6. The number of nitrogens with zero attached hydrogens (tertiary/aromatic N) is 4. The van der Waals surface area contributed by atoms with Gasteiger partial charge in [-0.2, -0.15) is 0 Å². The monoisotopic (exact) mass is 712 g/mol. The van der Waals surface area contributed by atoms with Gasteiger partial charge in [0.05, 0.1) is 22.1 Å². The number of aromatic nitrogens is 4. The Morgan fingerprint density at radius 1 is 0.268 bits per heavy atom. The summed E-state index contributed by atoms with van der Waals surface area (Å²) >= 11 is 0. The highest BCUT2D eigenvalue weighted by Gasteiger charge is 2.17. The topological polar surface area (TPSA) is 35.6 Å². The number of fused-ring (bicyclic) bond motifs is 12. The van der Waals surface area contributed by atoms with E-state index in [9.17, 15) is 0 Å². The third-order valence-corrected chi connectivity index (χ3v) is 11.6. The summed E-state index contributed by atoms with van der Waals surface area (Å²) in [4.78, 5) is 10.0. The average Bonchev–Trinajstić information content (AvgIpc) is 3.79. The summed E-state index contributed by atoms with van der Waals surface area (Å²) in [5.41, 5.74) is 10.2. The molecule has 56 heavy (non-hydrogen) atoms. The van der Waals surface area contributed by atoms with Crippen LogP contribution in [0.1, 0.15) is 0 Å². The Hall–Kier alpha value is -7.56. The van der Waals surface area contributed by atoms with E-state index >= 15 is 0 Å². The molecule has 0 aliphatic rings. The molecule has 0 saturated carbocycles. The molecule has 0 amide bonds. The van der Waals surface area contributed by atoms with Gasteiger partial charge in [0.25, 0.3) is 0 Å². The molecule has 3 heterocycles. The highest BCUT2D eigenvalue weighted by Crippen LogP contribution is 2.39. The minimum absolute atomic E-state index is 0.653. The largest absolute Gasteiger partial charge is 0.309 e. The average molecular weight is 713 g/mol. The summed E-state index contributed by atoms with van der Waals surface area (Å²) in [5.74, 6) is 0.653. The van der Waals surface area contributed by atoms with Crippen molar-refractivity contribution in [1.82, 2.24) is 19.1 Å². The fourth-order valence-electron chi connectivity index (χ4n) is 9.05. The number of para-hydroxylation sites is 3. The van der Waals surface area contributed by atoms with Crippen molar-refractivity contribution in [2.24, 2.45) is 0 Å². The van der Waals surface area contributed by atoms with Gasteiger partial charge in [-0.05, 0) is 104 Å². The summed E-state index contributed by atoms with van der Waals surface area (Å²) in [7, 11) is 0. The maximum Gasteiger partial charge on any atom is 0.234 e. The van der Waals surface area contributed by atoms with Crippen LogP contribution in [0.15, 0.2) is 194 Å². The van der Waals surface area contributed by atoms with Crippen molar-refractivity contribution in [1.29, 1.82) is 0 Å². The van der Waals surface area contributed by atoms with Crippen LogP contribution >= 0.6 is 0 Å². The Morgan fingerprint density at radius 2 is 0.661 bits per heavy atom. The third kappa shape index (κ3) is 4.53. The van der Waals surface area contributed by atoms with Gasteiger partial charge in [0.15, 0.2) is 0 Å². The van der Waals surface area contributed by atoms with Crippen LogP contribution in [0.2, 0.25) is 0 Å². The molecule has 0 fully saturated rings. The molecule has 4 heteroatoms. The first-order valence-electron chi connectivity index (χ1n) is 19.1. The first-order valence-corrected chi connectivity index (χ1v) is 19.1. The minimum atomic E-state index is 0.653. The second-order valence-corrected chi connectivity index (χ2v) is 14.6. The molecule has 260 valence electrons. The van der Waals surface area contributed by atoms with Crippen molar-refractivity contribution in [3.8, 4) is 33.9 Å². The van der Waals surface area contributed by atoms with Crippen LogP contribution < -0.4 is 0 Å². The molecule has 0 unspecified atom stereocenters. The molecule has 0 aliphatic heterocycles. The molecule has 0 bridgehead atoms. The Balaban J connectivity index is 0.964. The first kappa shape index (κ1) is 30.9. The fourth-order valence-corrected chi connectivity index (χ4v) is 9.05. The van der Waals surface area contributed by atoms with Crippen LogP contribution in [-0.2, 0) is 0 Å². The standard InChI is InChI=1S/C52H32N4/c1-2-12-37(13-3-1)55-48-20-10-8-18-43(48)46-29-33(23-26-50(46)55)34-24-27-51-47(30-34)44-19-9-11-21-49(44)56(51)52-53-31-36(32-54-52)35-22-25-42-40-16-5-4-14-38(40)39-15-6-7-17-41(39)45(42)28-35/h1-32H. The summed E-state index contributed by atoms with van der Waals surface area (Å²) < 4.78 is 4.55. The van der Waals surface area contributed by atoms with Crippen molar-refractivity contribution in [3.05, 3.63) is 194 Å². The number of hydrogen-bond donors (Lipinski definition) is 0. The van der Waals surface area contributed by atoms with Crippen molar-refractivity contribution >= 4 is 75.9 Å². The zero-order chi connectivity index (χ0) is 36.7. The predicted octanol–water partition coefficient (Wildman–Crippen LogP) is 13.5. The van der Waals surface area contributed by atoms with Crippen LogP contribution in [0.25, 0.3) is 110 Å². The van der Waals surface area contributed by atoms with Gasteiger partial charge in [0, 0.05) is 45.2 Å². The lowest BCUT2D eigenvalue weighted by molar-refractivity contribution is 0.990. The highest BCUT2D eigenvalue weighted by atomic mass is 15.1. The lowest BCUT2D eigenvalue weighted by atomic mass is 9.92. The Bertz CT molecular complexity index is 3480. The maximum atomic E-state index is 5.01. The highest BCUT2D eigenvalue weighted by molar-refractivity contribution is 6.25. The van der Waals surface area contributed by atoms with Gasteiger partial charge in [-0.25, -0.2) is 9.97 Å². The molecule has 0 aliphatic carbocycles. The summed E-state index contributed by atoms with van der Waals surface area (Å²) in [6.45, 7) is 0. The van der Waals surface area contributed by atoms with Crippen molar-refractivity contribution < 1.29 is 0 Å². The lowest BCUT2D eigenvalue weighted by Crippen LogP contribution is -2.00. The van der Waals surface area contributed by atoms with E-state index in [1.807, 2.05) is 12.4 Å². The number of rotatable bonds is 4. The summed E-state index contributed by atoms with van der Waals surface area (Å²) in [5, 5.41) is 12.4. The van der Waals surface area contributed by atoms with E-state index in [0.717, 1.165) is 27.8 Å². The van der Waals surface area contributed by atoms with Gasteiger partial charge < -0.3 is 4.57 Å². The van der Waals surface area contributed by atoms with Crippen molar-refractivity contribution in [3.63, 3.8) is 0 Å². The van der Waals surface area contributed by atoms with E-state index in [1.54, 1.807) is 0 Å². The molecule has 0 N–H and O–H groups in total. The molecule has 4 nitrogen and oxygen atoms in total. The molecule has 12 rings (SSSR count). The zero-order valence-corrected chi connectivity index (χ0v) is 30.3. The van der Waals surface area contributed by atoms with Crippen LogP contribution in [0.4, 0.5) is 0 Å². The molecule has 3 aromatic heterocycles. The Morgan fingerprint density at radius 3 is 1.25 bits per heavy atom. The predicted molar refractivity (Wildman–Crippen MR) is 234 cm³/mol. The van der Waals surface area contributed by atoms with Crippen molar-refractivity contribution in [2.75, 3.05) is 0 Å². The van der Waals surface area contributed by atoms with Crippen LogP contribution in [-0.4, -0.2) is 19.1 Å². The van der Waals surface area contributed by atoms with E-state index in [-0.39, 0.29) is 0 Å². The normalized spacial score (nSPS) is 11.9. The number of benzene rings is 9. The fraction of sp³-hybridized carbons (Fsp3) is 0. The van der Waals surface area contributed by atoms with Gasteiger partial charge in [-0.1, -0.05) is 127 Å². The van der Waals surface area contributed by atoms with E-state index in [0.29, 0.717) is 5.95 Å². The van der Waals surface area contributed by atoms with E-state index in [1.165, 1.54) is 76.0 Å². The van der Waals surface area contributed by atoms with Gasteiger partial charge >= 0.3 is 0 Å². The lowest BCUT2D eigenvalue weighted by Gasteiger charge is -2.12. The molecule has 12 aromatic rings. The van der Waals surface area contributed by atoms with Crippen LogP contribution in [0.5, 0.6) is 0 Å². The Kier molecular flexibility index (Phi) is 6.60. The van der Waals surface area contributed by atoms with E-state index < -0.39 is 0 Å². The Labute approximate surface area is 322 Å². The molecular formula is C52H32N4.